The molecule has 162 valence electrons. The maximum atomic E-state index is 13.0. The number of esters is 1. The Bertz CT molecular complexity index is 1150. The molecule has 0 radical (unpaired) electrons. The number of nitro benzene ring substituents is 1. The molecule has 9 heteroatoms. The molecule has 3 aromatic rings. The second-order valence-corrected chi connectivity index (χ2v) is 9.55. The fourth-order valence-electron chi connectivity index (χ4n) is 2.85. The molecule has 0 bridgehead atoms. The topological polar surface area (TPSA) is 87.3 Å². The van der Waals surface area contributed by atoms with E-state index in [9.17, 15) is 14.9 Å². The smallest absolute Gasteiger partial charge is 0.351 e. The van der Waals surface area contributed by atoms with Crippen LogP contribution in [0.2, 0.25) is 5.02 Å². The van der Waals surface area contributed by atoms with E-state index in [1.807, 2.05) is 58.9 Å². The number of aromatic nitrogens is 2. The first-order valence-corrected chi connectivity index (χ1v) is 10.7. The molecule has 0 amide bonds. The highest BCUT2D eigenvalue weighted by atomic mass is 35.5. The Labute approximate surface area is 189 Å². The van der Waals surface area contributed by atoms with Crippen molar-refractivity contribution in [2.45, 2.75) is 49.9 Å². The molecule has 0 saturated carbocycles. The fourth-order valence-corrected chi connectivity index (χ4v) is 3.94. The summed E-state index contributed by atoms with van der Waals surface area (Å²) in [6, 6.07) is 11.7. The lowest BCUT2D eigenvalue weighted by Crippen LogP contribution is -2.25. The van der Waals surface area contributed by atoms with Crippen molar-refractivity contribution in [3.8, 4) is 5.88 Å². The lowest BCUT2D eigenvalue weighted by Gasteiger charge is -2.22. The third kappa shape index (κ3) is 5.08. The van der Waals surface area contributed by atoms with Gasteiger partial charge in [0.05, 0.1) is 21.1 Å². The van der Waals surface area contributed by atoms with Crippen molar-refractivity contribution in [2.75, 3.05) is 0 Å². The zero-order valence-corrected chi connectivity index (χ0v) is 19.4. The van der Waals surface area contributed by atoms with E-state index in [1.165, 1.54) is 30.0 Å². The molecule has 0 aliphatic heterocycles. The Morgan fingerprint density at radius 2 is 1.81 bits per heavy atom. The minimum absolute atomic E-state index is 0.201. The third-order valence-electron chi connectivity index (χ3n) is 4.41. The van der Waals surface area contributed by atoms with Gasteiger partial charge in [0.1, 0.15) is 5.56 Å². The second kappa shape index (κ2) is 8.72. The lowest BCUT2D eigenvalue weighted by atomic mass is 10.1. The number of aryl methyl sites for hydroxylation is 2. The van der Waals surface area contributed by atoms with Gasteiger partial charge in [-0.2, -0.15) is 5.10 Å². The Hall–Kier alpha value is -2.84. The van der Waals surface area contributed by atoms with Gasteiger partial charge in [0.15, 0.2) is 0 Å². The van der Waals surface area contributed by atoms with Crippen molar-refractivity contribution >= 4 is 35.0 Å². The molecule has 0 unspecified atom stereocenters. The van der Waals surface area contributed by atoms with Crippen molar-refractivity contribution < 1.29 is 14.5 Å². The summed E-state index contributed by atoms with van der Waals surface area (Å²) in [6.45, 7) is 9.62. The van der Waals surface area contributed by atoms with Gasteiger partial charge in [-0.05, 0) is 58.9 Å². The predicted octanol–water partition coefficient (Wildman–Crippen LogP) is 6.19. The van der Waals surface area contributed by atoms with Crippen molar-refractivity contribution in [1.29, 1.82) is 0 Å². The van der Waals surface area contributed by atoms with Crippen LogP contribution in [-0.2, 0) is 5.54 Å². The highest BCUT2D eigenvalue weighted by molar-refractivity contribution is 7.99. The summed E-state index contributed by atoms with van der Waals surface area (Å²) < 4.78 is 7.35. The number of halogens is 1. The molecule has 1 aromatic heterocycles. The molecule has 31 heavy (non-hydrogen) atoms. The Morgan fingerprint density at radius 3 is 2.39 bits per heavy atom. The number of carbonyl (C=O) groups is 1. The van der Waals surface area contributed by atoms with E-state index in [0.29, 0.717) is 10.6 Å². The van der Waals surface area contributed by atoms with Gasteiger partial charge < -0.3 is 4.74 Å². The van der Waals surface area contributed by atoms with Gasteiger partial charge in [0.25, 0.3) is 5.69 Å². The Morgan fingerprint density at radius 1 is 1.16 bits per heavy atom. The molecule has 7 nitrogen and oxygen atoms in total. The van der Waals surface area contributed by atoms with Gasteiger partial charge in [0, 0.05) is 16.0 Å². The molecule has 0 aliphatic rings. The third-order valence-corrected chi connectivity index (χ3v) is 5.82. The lowest BCUT2D eigenvalue weighted by molar-refractivity contribution is -0.385. The van der Waals surface area contributed by atoms with Crippen LogP contribution in [0.1, 0.15) is 42.4 Å². The summed E-state index contributed by atoms with van der Waals surface area (Å²) >= 11 is 7.39. The molecule has 1 heterocycles. The van der Waals surface area contributed by atoms with Gasteiger partial charge in [-0.25, -0.2) is 9.48 Å². The Balaban J connectivity index is 2.07. The molecule has 0 fully saturated rings. The van der Waals surface area contributed by atoms with E-state index in [0.717, 1.165) is 10.5 Å². The highest BCUT2D eigenvalue weighted by Crippen LogP contribution is 2.40. The van der Waals surface area contributed by atoms with E-state index in [4.69, 9.17) is 16.3 Å². The van der Waals surface area contributed by atoms with Crippen LogP contribution in [0.5, 0.6) is 5.88 Å². The fraction of sp³-hybridized carbons (Fsp3) is 0.273. The predicted molar refractivity (Wildman–Crippen MR) is 120 cm³/mol. The first-order chi connectivity index (χ1) is 14.5. The summed E-state index contributed by atoms with van der Waals surface area (Å²) in [5.74, 6) is -0.639. The summed E-state index contributed by atoms with van der Waals surface area (Å²) in [6.07, 6.45) is 0. The maximum absolute atomic E-state index is 13.0. The van der Waals surface area contributed by atoms with E-state index in [-0.39, 0.29) is 22.2 Å². The van der Waals surface area contributed by atoms with Crippen molar-refractivity contribution in [1.82, 2.24) is 9.78 Å². The summed E-state index contributed by atoms with van der Waals surface area (Å²) in [7, 11) is 0. The maximum Gasteiger partial charge on any atom is 0.351 e. The number of nitro groups is 1. The van der Waals surface area contributed by atoms with E-state index < -0.39 is 16.4 Å². The highest BCUT2D eigenvalue weighted by Gasteiger charge is 2.30. The first-order valence-electron chi connectivity index (χ1n) is 9.48. The molecule has 0 saturated heterocycles. The average Bonchev–Trinajstić information content (AvgIpc) is 2.99. The monoisotopic (exact) mass is 459 g/mol. The number of nitrogens with zero attached hydrogens (tertiary/aromatic N) is 3. The van der Waals surface area contributed by atoms with E-state index in [2.05, 4.69) is 5.10 Å². The number of ether oxygens (including phenoxy) is 1. The van der Waals surface area contributed by atoms with Gasteiger partial charge in [0.2, 0.25) is 5.88 Å². The van der Waals surface area contributed by atoms with Crippen molar-refractivity contribution in [2.24, 2.45) is 0 Å². The summed E-state index contributed by atoms with van der Waals surface area (Å²) in [5, 5.41) is 16.2. The van der Waals surface area contributed by atoms with E-state index in [1.54, 1.807) is 4.68 Å². The molecule has 0 N–H and O–H groups in total. The van der Waals surface area contributed by atoms with Gasteiger partial charge in [-0.3, -0.25) is 10.1 Å². The average molecular weight is 460 g/mol. The molecular formula is C22H22ClN3O4S. The molecular weight excluding hydrogens is 438 g/mol. The number of rotatable bonds is 5. The van der Waals surface area contributed by atoms with Crippen molar-refractivity contribution in [3.63, 3.8) is 0 Å². The van der Waals surface area contributed by atoms with Gasteiger partial charge in [-0.15, -0.1) is 0 Å². The van der Waals surface area contributed by atoms with Crippen LogP contribution < -0.4 is 4.74 Å². The SMILES string of the molecule is Cc1ccc(Sc2c(C)nn(C(C)(C)C)c2OC(=O)c2cc(Cl)ccc2[N+](=O)[O-])cc1. The second-order valence-electron chi connectivity index (χ2n) is 8.03. The zero-order valence-electron chi connectivity index (χ0n) is 17.8. The molecule has 0 spiro atoms. The van der Waals surface area contributed by atoms with Crippen LogP contribution in [0.25, 0.3) is 0 Å². The normalized spacial score (nSPS) is 11.4. The van der Waals surface area contributed by atoms with E-state index >= 15 is 0 Å². The molecule has 0 aliphatic carbocycles. The molecule has 0 atom stereocenters. The quantitative estimate of drug-likeness (QED) is 0.257. The minimum Gasteiger partial charge on any atom is -0.403 e. The van der Waals surface area contributed by atoms with Crippen LogP contribution in [0.4, 0.5) is 5.69 Å². The van der Waals surface area contributed by atoms with Crippen LogP contribution in [0.3, 0.4) is 0 Å². The number of carbonyl (C=O) groups excluding carboxylic acids is 1. The van der Waals surface area contributed by atoms with Crippen LogP contribution in [0.15, 0.2) is 52.3 Å². The van der Waals surface area contributed by atoms with Crippen LogP contribution in [-0.4, -0.2) is 20.7 Å². The molecule has 2 aromatic carbocycles. The van der Waals surface area contributed by atoms with Gasteiger partial charge >= 0.3 is 5.97 Å². The number of benzene rings is 2. The van der Waals surface area contributed by atoms with Crippen molar-refractivity contribution in [3.05, 3.63) is 74.4 Å². The zero-order chi connectivity index (χ0) is 22.9. The number of hydrogen-bond acceptors (Lipinski definition) is 6. The number of hydrogen-bond donors (Lipinski definition) is 0. The standard InChI is InChI=1S/C22H22ClN3O4S/c1-13-6-9-16(10-7-13)31-19-14(2)24-25(22(3,4)5)20(19)30-21(27)17-12-15(23)8-11-18(17)26(28)29/h6-12H,1-5H3. The first kappa shape index (κ1) is 22.8. The summed E-state index contributed by atoms with van der Waals surface area (Å²) in [4.78, 5) is 25.4. The van der Waals surface area contributed by atoms with Crippen LogP contribution >= 0.6 is 23.4 Å². The Kier molecular flexibility index (Phi) is 6.43. The minimum atomic E-state index is -0.870. The molecule has 3 rings (SSSR count). The summed E-state index contributed by atoms with van der Waals surface area (Å²) in [5.41, 5.74) is 0.728. The largest absolute Gasteiger partial charge is 0.403 e. The van der Waals surface area contributed by atoms with Gasteiger partial charge in [-0.1, -0.05) is 41.1 Å². The van der Waals surface area contributed by atoms with Crippen LogP contribution in [0, 0.1) is 24.0 Å².